The van der Waals surface area contributed by atoms with E-state index in [0.717, 1.165) is 11.0 Å². The summed E-state index contributed by atoms with van der Waals surface area (Å²) >= 11 is 0. The molecule has 1 atom stereocenters. The van der Waals surface area contributed by atoms with E-state index in [9.17, 15) is 4.79 Å². The normalized spacial score (nSPS) is 18.3. The maximum absolute atomic E-state index is 12.4. The molecule has 3 rings (SSSR count). The van der Waals surface area contributed by atoms with E-state index in [1.165, 1.54) is 12.7 Å². The van der Waals surface area contributed by atoms with E-state index in [2.05, 4.69) is 13.8 Å². The second-order valence-corrected chi connectivity index (χ2v) is 9.00. The number of esters is 1. The molecule has 0 saturated carbocycles. The molecule has 0 bridgehead atoms. The lowest BCUT2D eigenvalue weighted by molar-refractivity contribution is -0.149. The van der Waals surface area contributed by atoms with Crippen LogP contribution in [0.1, 0.15) is 64.7 Å². The number of carbonyl (C=O) groups excluding carboxylic acids is 1. The molecular formula is C24H31BO5. The quantitative estimate of drug-likeness (QED) is 0.522. The summed E-state index contributed by atoms with van der Waals surface area (Å²) in [7, 11) is 0.923. The maximum atomic E-state index is 12.4. The fraction of sp³-hybridized carbons (Fsp3) is 0.458. The largest absolute Gasteiger partial charge is 0.494 e. The van der Waals surface area contributed by atoms with Crippen molar-refractivity contribution in [2.75, 3.05) is 7.11 Å². The maximum Gasteiger partial charge on any atom is 0.494 e. The van der Waals surface area contributed by atoms with E-state index in [1.807, 2.05) is 76.2 Å². The van der Waals surface area contributed by atoms with Gasteiger partial charge in [0, 0.05) is 5.56 Å². The van der Waals surface area contributed by atoms with E-state index in [1.54, 1.807) is 0 Å². The third kappa shape index (κ3) is 4.55. The molecule has 0 radical (unpaired) electrons. The average Bonchev–Trinajstić information content (AvgIpc) is 2.93. The Labute approximate surface area is 179 Å². The molecule has 5 nitrogen and oxygen atoms in total. The molecule has 0 amide bonds. The van der Waals surface area contributed by atoms with E-state index in [0.29, 0.717) is 11.7 Å². The van der Waals surface area contributed by atoms with Gasteiger partial charge in [-0.3, -0.25) is 0 Å². The van der Waals surface area contributed by atoms with Gasteiger partial charge in [-0.15, -0.1) is 0 Å². The predicted molar refractivity (Wildman–Crippen MR) is 118 cm³/mol. The monoisotopic (exact) mass is 410 g/mol. The molecule has 1 heterocycles. The Morgan fingerprint density at radius 3 is 1.83 bits per heavy atom. The first-order valence-electron chi connectivity index (χ1n) is 10.3. The first-order valence-corrected chi connectivity index (χ1v) is 10.3. The Bertz CT molecular complexity index is 855. The van der Waals surface area contributed by atoms with Crippen LogP contribution in [0.4, 0.5) is 0 Å². The van der Waals surface area contributed by atoms with E-state index < -0.39 is 30.4 Å². The summed E-state index contributed by atoms with van der Waals surface area (Å²) in [5.41, 5.74) is 2.06. The third-order valence-electron chi connectivity index (χ3n) is 5.98. The summed E-state index contributed by atoms with van der Waals surface area (Å²) < 4.78 is 23.1. The second-order valence-electron chi connectivity index (χ2n) is 9.00. The predicted octanol–water partition coefficient (Wildman–Crippen LogP) is 4.40. The summed E-state index contributed by atoms with van der Waals surface area (Å²) in [6.07, 6.45) is -0.834. The van der Waals surface area contributed by atoms with Crippen LogP contribution in [0.3, 0.4) is 0 Å². The molecular weight excluding hydrogens is 379 g/mol. The summed E-state index contributed by atoms with van der Waals surface area (Å²) in [4.78, 5) is 12.4. The molecule has 0 aliphatic carbocycles. The number of carbonyl (C=O) groups is 1. The Hall–Kier alpha value is -2.31. The first-order chi connectivity index (χ1) is 14.0. The van der Waals surface area contributed by atoms with Crippen molar-refractivity contribution in [3.63, 3.8) is 0 Å². The Morgan fingerprint density at radius 1 is 0.867 bits per heavy atom. The zero-order valence-electron chi connectivity index (χ0n) is 18.9. The molecule has 1 saturated heterocycles. The van der Waals surface area contributed by atoms with Gasteiger partial charge in [0.25, 0.3) is 0 Å². The van der Waals surface area contributed by atoms with Crippen LogP contribution in [-0.2, 0) is 18.8 Å². The standard InChI is InChI=1S/C24H31BO5/c1-16(2)17-8-10-18(11-9-17)21(22(26)27-7)28-20-14-12-19(13-15-20)25-29-23(3,4)24(5,6)30-25/h8-16,21H,1-7H3. The number of methoxy groups -OCH3 is 1. The molecule has 2 aromatic carbocycles. The minimum absolute atomic E-state index is 0.398. The number of hydrogen-bond donors (Lipinski definition) is 0. The number of rotatable bonds is 6. The van der Waals surface area contributed by atoms with Crippen LogP contribution in [0.5, 0.6) is 5.75 Å². The van der Waals surface area contributed by atoms with Crippen LogP contribution in [-0.4, -0.2) is 31.4 Å². The van der Waals surface area contributed by atoms with Crippen molar-refractivity contribution in [3.05, 3.63) is 59.7 Å². The summed E-state index contributed by atoms with van der Waals surface area (Å²) in [6, 6.07) is 15.3. The Balaban J connectivity index is 1.77. The third-order valence-corrected chi connectivity index (χ3v) is 5.98. The molecule has 2 aromatic rings. The van der Waals surface area contributed by atoms with Crippen LogP contribution < -0.4 is 10.2 Å². The Morgan fingerprint density at radius 2 is 1.37 bits per heavy atom. The minimum atomic E-state index is -0.834. The zero-order chi connectivity index (χ0) is 22.1. The highest BCUT2D eigenvalue weighted by Gasteiger charge is 2.51. The van der Waals surface area contributed by atoms with Crippen molar-refractivity contribution in [1.82, 2.24) is 0 Å². The molecule has 0 aromatic heterocycles. The number of hydrogen-bond acceptors (Lipinski definition) is 5. The fourth-order valence-electron chi connectivity index (χ4n) is 3.23. The van der Waals surface area contributed by atoms with Gasteiger partial charge in [0.1, 0.15) is 5.75 Å². The lowest BCUT2D eigenvalue weighted by Gasteiger charge is -2.32. The van der Waals surface area contributed by atoms with Crippen molar-refractivity contribution >= 4 is 18.6 Å². The summed E-state index contributed by atoms with van der Waals surface area (Å²) in [6.45, 7) is 12.4. The van der Waals surface area contributed by atoms with Gasteiger partial charge in [0.05, 0.1) is 18.3 Å². The number of ether oxygens (including phenoxy) is 2. The minimum Gasteiger partial charge on any atom is -0.474 e. The van der Waals surface area contributed by atoms with Gasteiger partial charge >= 0.3 is 13.1 Å². The summed E-state index contributed by atoms with van der Waals surface area (Å²) in [5, 5.41) is 0. The highest BCUT2D eigenvalue weighted by atomic mass is 16.7. The van der Waals surface area contributed by atoms with Crippen molar-refractivity contribution < 1.29 is 23.6 Å². The van der Waals surface area contributed by atoms with Gasteiger partial charge in [-0.25, -0.2) is 4.79 Å². The van der Waals surface area contributed by atoms with Gasteiger partial charge in [-0.2, -0.15) is 0 Å². The van der Waals surface area contributed by atoms with Crippen LogP contribution in [0, 0.1) is 0 Å². The fourth-order valence-corrected chi connectivity index (χ4v) is 3.23. The molecule has 1 aliphatic rings. The lowest BCUT2D eigenvalue weighted by Crippen LogP contribution is -2.41. The van der Waals surface area contributed by atoms with Gasteiger partial charge in [-0.05, 0) is 56.8 Å². The van der Waals surface area contributed by atoms with Crippen molar-refractivity contribution in [2.24, 2.45) is 0 Å². The first kappa shape index (κ1) is 22.4. The van der Waals surface area contributed by atoms with Gasteiger partial charge in [0.2, 0.25) is 6.10 Å². The molecule has 0 N–H and O–H groups in total. The molecule has 0 spiro atoms. The van der Waals surface area contributed by atoms with Crippen LogP contribution in [0.15, 0.2) is 48.5 Å². The topological polar surface area (TPSA) is 54.0 Å². The van der Waals surface area contributed by atoms with Crippen LogP contribution in [0.2, 0.25) is 0 Å². The van der Waals surface area contributed by atoms with Gasteiger partial charge in [0.15, 0.2) is 0 Å². The van der Waals surface area contributed by atoms with Crippen molar-refractivity contribution in [1.29, 1.82) is 0 Å². The van der Waals surface area contributed by atoms with Crippen LogP contribution in [0.25, 0.3) is 0 Å². The van der Waals surface area contributed by atoms with E-state index in [4.69, 9.17) is 18.8 Å². The van der Waals surface area contributed by atoms with Crippen LogP contribution >= 0.6 is 0 Å². The van der Waals surface area contributed by atoms with Crippen molar-refractivity contribution in [2.45, 2.75) is 64.8 Å². The van der Waals surface area contributed by atoms with E-state index >= 15 is 0 Å². The molecule has 1 fully saturated rings. The Kier molecular flexibility index (Phi) is 6.30. The molecule has 1 aliphatic heterocycles. The van der Waals surface area contributed by atoms with Gasteiger partial charge in [-0.1, -0.05) is 50.2 Å². The average molecular weight is 410 g/mol. The lowest BCUT2D eigenvalue weighted by atomic mass is 9.79. The summed E-state index contributed by atoms with van der Waals surface area (Å²) in [5.74, 6) is 0.542. The molecule has 1 unspecified atom stereocenters. The zero-order valence-corrected chi connectivity index (χ0v) is 18.9. The highest BCUT2D eigenvalue weighted by molar-refractivity contribution is 6.62. The van der Waals surface area contributed by atoms with Crippen molar-refractivity contribution in [3.8, 4) is 5.75 Å². The highest BCUT2D eigenvalue weighted by Crippen LogP contribution is 2.36. The second kappa shape index (κ2) is 8.44. The SMILES string of the molecule is COC(=O)C(Oc1ccc(B2OC(C)(C)C(C)(C)O2)cc1)c1ccc(C(C)C)cc1. The molecule has 160 valence electrons. The molecule has 6 heteroatoms. The van der Waals surface area contributed by atoms with E-state index in [-0.39, 0.29) is 0 Å². The number of benzene rings is 2. The smallest absolute Gasteiger partial charge is 0.474 e. The molecule has 30 heavy (non-hydrogen) atoms. The van der Waals surface area contributed by atoms with Gasteiger partial charge < -0.3 is 18.8 Å².